The van der Waals surface area contributed by atoms with Crippen molar-refractivity contribution < 1.29 is 14.7 Å². The quantitative estimate of drug-likeness (QED) is 0.518. The zero-order chi connectivity index (χ0) is 12.6. The molecule has 0 fully saturated rings. The number of aliphatic hydroxyl groups excluding tert-OH is 1. The van der Waals surface area contributed by atoms with Gasteiger partial charge in [0.15, 0.2) is 5.12 Å². The van der Waals surface area contributed by atoms with Gasteiger partial charge in [-0.25, -0.2) is 0 Å². The molecular formula is C11H19NO3S. The van der Waals surface area contributed by atoms with Gasteiger partial charge in [-0.05, 0) is 0 Å². The number of amides is 1. The highest BCUT2D eigenvalue weighted by Crippen LogP contribution is 2.14. The monoisotopic (exact) mass is 245 g/mol. The van der Waals surface area contributed by atoms with Crippen molar-refractivity contribution in [3.8, 4) is 0 Å². The molecule has 4 nitrogen and oxygen atoms in total. The predicted octanol–water partition coefficient (Wildman–Crippen LogP) is 0.955. The van der Waals surface area contributed by atoms with Crippen molar-refractivity contribution in [2.75, 3.05) is 12.3 Å². The summed E-state index contributed by atoms with van der Waals surface area (Å²) in [5, 5.41) is 11.9. The van der Waals surface area contributed by atoms with Crippen LogP contribution in [0.3, 0.4) is 0 Å². The van der Waals surface area contributed by atoms with Crippen LogP contribution in [0.2, 0.25) is 0 Å². The molecule has 0 spiro atoms. The standard InChI is InChI=1S/C11H19NO3S/c1-4-9(13)8(3)11(15)16-7-6-12-10(14)5-2/h4,8-9,13H,1,5-7H2,2-3H3,(H,12,14). The van der Waals surface area contributed by atoms with Crippen LogP contribution in [0.5, 0.6) is 0 Å². The maximum atomic E-state index is 11.5. The Balaban J connectivity index is 3.73. The number of aliphatic hydroxyl groups is 1. The summed E-state index contributed by atoms with van der Waals surface area (Å²) in [5.74, 6) is 0.0512. The first-order valence-electron chi connectivity index (χ1n) is 5.26. The Morgan fingerprint density at radius 3 is 2.69 bits per heavy atom. The molecule has 0 aromatic rings. The van der Waals surface area contributed by atoms with Crippen LogP contribution < -0.4 is 5.32 Å². The van der Waals surface area contributed by atoms with Gasteiger partial charge in [-0.1, -0.05) is 31.7 Å². The van der Waals surface area contributed by atoms with E-state index in [2.05, 4.69) is 11.9 Å². The SMILES string of the molecule is C=CC(O)C(C)C(=O)SCCNC(=O)CC. The molecule has 2 atom stereocenters. The van der Waals surface area contributed by atoms with Gasteiger partial charge in [0, 0.05) is 18.7 Å². The average molecular weight is 245 g/mol. The van der Waals surface area contributed by atoms with Gasteiger partial charge in [0.2, 0.25) is 5.91 Å². The van der Waals surface area contributed by atoms with Crippen molar-refractivity contribution in [3.05, 3.63) is 12.7 Å². The maximum absolute atomic E-state index is 11.5. The van der Waals surface area contributed by atoms with Gasteiger partial charge in [0.05, 0.1) is 12.0 Å². The summed E-state index contributed by atoms with van der Waals surface area (Å²) in [4.78, 5) is 22.4. The first-order valence-corrected chi connectivity index (χ1v) is 6.25. The Bertz CT molecular complexity index is 256. The third-order valence-electron chi connectivity index (χ3n) is 2.12. The van der Waals surface area contributed by atoms with E-state index in [1.165, 1.54) is 6.08 Å². The van der Waals surface area contributed by atoms with Gasteiger partial charge in [-0.15, -0.1) is 6.58 Å². The Morgan fingerprint density at radius 1 is 1.56 bits per heavy atom. The molecule has 0 aliphatic carbocycles. The summed E-state index contributed by atoms with van der Waals surface area (Å²) < 4.78 is 0. The van der Waals surface area contributed by atoms with Crippen LogP contribution in [0.25, 0.3) is 0 Å². The molecule has 5 heteroatoms. The minimum Gasteiger partial charge on any atom is -0.388 e. The second kappa shape index (κ2) is 8.35. The number of nitrogens with one attached hydrogen (secondary N) is 1. The van der Waals surface area contributed by atoms with Gasteiger partial charge < -0.3 is 10.4 Å². The Labute approximate surface area is 100 Å². The summed E-state index contributed by atoms with van der Waals surface area (Å²) in [7, 11) is 0. The molecule has 0 bridgehead atoms. The van der Waals surface area contributed by atoms with Gasteiger partial charge in [-0.2, -0.15) is 0 Å². The first kappa shape index (κ1) is 15.2. The fourth-order valence-corrected chi connectivity index (χ4v) is 1.75. The minimum absolute atomic E-state index is 0.0211. The van der Waals surface area contributed by atoms with E-state index in [1.807, 2.05) is 0 Å². The number of hydrogen-bond donors (Lipinski definition) is 2. The van der Waals surface area contributed by atoms with E-state index in [9.17, 15) is 14.7 Å². The maximum Gasteiger partial charge on any atom is 0.219 e. The normalized spacial score (nSPS) is 13.9. The van der Waals surface area contributed by atoms with Crippen LogP contribution in [-0.2, 0) is 9.59 Å². The zero-order valence-electron chi connectivity index (χ0n) is 9.73. The van der Waals surface area contributed by atoms with Crippen LogP contribution in [0.1, 0.15) is 20.3 Å². The van der Waals surface area contributed by atoms with Crippen LogP contribution >= 0.6 is 11.8 Å². The largest absolute Gasteiger partial charge is 0.388 e. The van der Waals surface area contributed by atoms with Crippen LogP contribution in [0.15, 0.2) is 12.7 Å². The molecule has 0 saturated heterocycles. The highest BCUT2D eigenvalue weighted by Gasteiger charge is 2.19. The molecule has 0 aromatic carbocycles. The third kappa shape index (κ3) is 5.92. The predicted molar refractivity (Wildman–Crippen MR) is 66.1 cm³/mol. The van der Waals surface area contributed by atoms with Crippen molar-refractivity contribution in [1.82, 2.24) is 5.32 Å². The van der Waals surface area contributed by atoms with E-state index in [4.69, 9.17) is 0 Å². The first-order chi connectivity index (χ1) is 7.52. The van der Waals surface area contributed by atoms with E-state index in [-0.39, 0.29) is 11.0 Å². The fourth-order valence-electron chi connectivity index (χ4n) is 0.942. The van der Waals surface area contributed by atoms with Gasteiger partial charge in [0.25, 0.3) is 0 Å². The lowest BCUT2D eigenvalue weighted by Gasteiger charge is -2.13. The molecule has 0 radical (unpaired) electrons. The van der Waals surface area contributed by atoms with Gasteiger partial charge in [0.1, 0.15) is 0 Å². The minimum atomic E-state index is -0.801. The second-order valence-corrected chi connectivity index (χ2v) is 4.49. The number of rotatable bonds is 7. The van der Waals surface area contributed by atoms with Gasteiger partial charge in [-0.3, -0.25) is 9.59 Å². The molecule has 2 unspecified atom stereocenters. The molecule has 0 aliphatic rings. The second-order valence-electron chi connectivity index (χ2n) is 3.39. The summed E-state index contributed by atoms with van der Waals surface area (Å²) in [6, 6.07) is 0. The highest BCUT2D eigenvalue weighted by molar-refractivity contribution is 8.13. The molecule has 0 aromatic heterocycles. The lowest BCUT2D eigenvalue weighted by atomic mass is 10.1. The third-order valence-corrected chi connectivity index (χ3v) is 3.18. The molecule has 1 amide bonds. The zero-order valence-corrected chi connectivity index (χ0v) is 10.5. The molecule has 16 heavy (non-hydrogen) atoms. The summed E-state index contributed by atoms with van der Waals surface area (Å²) in [6.07, 6.45) is 0.997. The topological polar surface area (TPSA) is 66.4 Å². The number of thioether (sulfide) groups is 1. The van der Waals surface area contributed by atoms with Gasteiger partial charge >= 0.3 is 0 Å². The molecular weight excluding hydrogens is 226 g/mol. The Morgan fingerprint density at radius 2 is 2.19 bits per heavy atom. The van der Waals surface area contributed by atoms with Crippen molar-refractivity contribution in [2.45, 2.75) is 26.4 Å². The lowest BCUT2D eigenvalue weighted by molar-refractivity contribution is -0.120. The highest BCUT2D eigenvalue weighted by atomic mass is 32.2. The molecule has 2 N–H and O–H groups in total. The van der Waals surface area contributed by atoms with E-state index in [0.29, 0.717) is 18.7 Å². The summed E-state index contributed by atoms with van der Waals surface area (Å²) in [5.41, 5.74) is 0. The van der Waals surface area contributed by atoms with E-state index < -0.39 is 12.0 Å². The molecule has 0 aliphatic heterocycles. The van der Waals surface area contributed by atoms with E-state index >= 15 is 0 Å². The Kier molecular flexibility index (Phi) is 7.93. The summed E-state index contributed by atoms with van der Waals surface area (Å²) in [6.45, 7) is 7.33. The van der Waals surface area contributed by atoms with Crippen molar-refractivity contribution in [1.29, 1.82) is 0 Å². The molecule has 92 valence electrons. The van der Waals surface area contributed by atoms with E-state index in [0.717, 1.165) is 11.8 Å². The van der Waals surface area contributed by atoms with E-state index in [1.54, 1.807) is 13.8 Å². The van der Waals surface area contributed by atoms with Crippen molar-refractivity contribution >= 4 is 22.8 Å². The Hall–Kier alpha value is -0.810. The lowest BCUT2D eigenvalue weighted by Crippen LogP contribution is -2.26. The fraction of sp³-hybridized carbons (Fsp3) is 0.636. The molecule has 0 heterocycles. The molecule has 0 rings (SSSR count). The number of carbonyl (C=O) groups is 2. The number of hydrogen-bond acceptors (Lipinski definition) is 4. The van der Waals surface area contributed by atoms with Crippen molar-refractivity contribution in [2.24, 2.45) is 5.92 Å². The van der Waals surface area contributed by atoms with Crippen LogP contribution in [0, 0.1) is 5.92 Å². The smallest absolute Gasteiger partial charge is 0.219 e. The van der Waals surface area contributed by atoms with Crippen LogP contribution in [0.4, 0.5) is 0 Å². The average Bonchev–Trinajstić information content (AvgIpc) is 2.31. The number of carbonyl (C=O) groups excluding carboxylic acids is 2. The van der Waals surface area contributed by atoms with Crippen molar-refractivity contribution in [3.63, 3.8) is 0 Å². The van der Waals surface area contributed by atoms with Crippen LogP contribution in [-0.4, -0.2) is 34.5 Å². The summed E-state index contributed by atoms with van der Waals surface area (Å²) >= 11 is 1.12. The molecule has 0 saturated carbocycles.